The Bertz CT molecular complexity index is 215. The molecule has 1 aliphatic heterocycles. The topological polar surface area (TPSA) is 35.5 Å². The Kier molecular flexibility index (Phi) is 3.06. The minimum absolute atomic E-state index is 0.0671. The van der Waals surface area contributed by atoms with Crippen molar-refractivity contribution in [3.8, 4) is 0 Å². The number of hydrogen-bond acceptors (Lipinski definition) is 3. The zero-order valence-corrected chi connectivity index (χ0v) is 8.70. The first-order valence-corrected chi connectivity index (χ1v) is 5.49. The molecule has 14 heavy (non-hydrogen) atoms. The Morgan fingerprint density at radius 2 is 2.29 bits per heavy atom. The quantitative estimate of drug-likeness (QED) is 0.634. The number of methoxy groups -OCH3 is 1. The summed E-state index contributed by atoms with van der Waals surface area (Å²) in [5, 5.41) is 0. The fourth-order valence-electron chi connectivity index (χ4n) is 2.85. The van der Waals surface area contributed by atoms with E-state index >= 15 is 0 Å². The number of carbonyl (C=O) groups excluding carboxylic acids is 1. The lowest BCUT2D eigenvalue weighted by atomic mass is 9.75. The van der Waals surface area contributed by atoms with Crippen molar-refractivity contribution in [3.05, 3.63) is 0 Å². The molecular weight excluding hydrogens is 180 g/mol. The molecule has 0 unspecified atom stereocenters. The van der Waals surface area contributed by atoms with Gasteiger partial charge in [-0.25, -0.2) is 0 Å². The average molecular weight is 198 g/mol. The van der Waals surface area contributed by atoms with Crippen molar-refractivity contribution in [2.45, 2.75) is 38.2 Å². The van der Waals surface area contributed by atoms with Gasteiger partial charge in [-0.2, -0.15) is 0 Å². The van der Waals surface area contributed by atoms with E-state index < -0.39 is 0 Å². The van der Waals surface area contributed by atoms with Gasteiger partial charge in [-0.3, -0.25) is 4.79 Å². The Morgan fingerprint density at radius 3 is 3.07 bits per heavy atom. The highest BCUT2D eigenvalue weighted by molar-refractivity contribution is 5.69. The van der Waals surface area contributed by atoms with E-state index in [4.69, 9.17) is 9.47 Å². The third-order valence-electron chi connectivity index (χ3n) is 3.59. The minimum atomic E-state index is -0.0671. The van der Waals surface area contributed by atoms with Crippen molar-refractivity contribution in [2.24, 2.45) is 11.8 Å². The molecule has 0 aromatic carbocycles. The zero-order chi connectivity index (χ0) is 9.97. The van der Waals surface area contributed by atoms with E-state index in [0.717, 1.165) is 13.0 Å². The van der Waals surface area contributed by atoms with Crippen LogP contribution in [-0.2, 0) is 14.3 Å². The molecule has 0 radical (unpaired) electrons. The summed E-state index contributed by atoms with van der Waals surface area (Å²) in [6.45, 7) is 0.882. The highest BCUT2D eigenvalue weighted by atomic mass is 16.5. The van der Waals surface area contributed by atoms with Crippen LogP contribution in [0.4, 0.5) is 0 Å². The van der Waals surface area contributed by atoms with Gasteiger partial charge in [0, 0.05) is 13.0 Å². The Hall–Kier alpha value is -0.570. The van der Waals surface area contributed by atoms with Crippen molar-refractivity contribution in [3.63, 3.8) is 0 Å². The van der Waals surface area contributed by atoms with E-state index in [1.54, 1.807) is 0 Å². The lowest BCUT2D eigenvalue weighted by molar-refractivity contribution is -0.142. The molecule has 1 saturated heterocycles. The van der Waals surface area contributed by atoms with E-state index in [1.165, 1.54) is 26.4 Å². The third-order valence-corrected chi connectivity index (χ3v) is 3.59. The van der Waals surface area contributed by atoms with Crippen molar-refractivity contribution in [2.75, 3.05) is 13.7 Å². The SMILES string of the molecule is COC(=O)C[C@H]1CCC[C@H]2OCC[C@H]12. The minimum Gasteiger partial charge on any atom is -0.469 e. The molecule has 1 aliphatic carbocycles. The molecule has 0 spiro atoms. The van der Waals surface area contributed by atoms with Gasteiger partial charge in [-0.05, 0) is 31.1 Å². The number of carbonyl (C=O) groups is 1. The molecule has 2 rings (SSSR count). The van der Waals surface area contributed by atoms with Crippen LogP contribution in [0.15, 0.2) is 0 Å². The molecule has 1 heterocycles. The van der Waals surface area contributed by atoms with E-state index in [9.17, 15) is 4.79 Å². The van der Waals surface area contributed by atoms with Crippen molar-refractivity contribution in [1.29, 1.82) is 0 Å². The lowest BCUT2D eigenvalue weighted by Gasteiger charge is -2.31. The average Bonchev–Trinajstić information content (AvgIpc) is 2.66. The molecule has 80 valence electrons. The molecule has 2 fully saturated rings. The second-order valence-electron chi connectivity index (χ2n) is 4.33. The van der Waals surface area contributed by atoms with Gasteiger partial charge in [0.15, 0.2) is 0 Å². The van der Waals surface area contributed by atoms with Crippen LogP contribution < -0.4 is 0 Å². The second-order valence-corrected chi connectivity index (χ2v) is 4.33. The third kappa shape index (κ3) is 1.92. The van der Waals surface area contributed by atoms with Gasteiger partial charge in [0.25, 0.3) is 0 Å². The smallest absolute Gasteiger partial charge is 0.305 e. The maximum atomic E-state index is 11.2. The van der Waals surface area contributed by atoms with Crippen LogP contribution >= 0.6 is 0 Å². The van der Waals surface area contributed by atoms with Crippen molar-refractivity contribution < 1.29 is 14.3 Å². The predicted octanol–water partition coefficient (Wildman–Crippen LogP) is 1.75. The summed E-state index contributed by atoms with van der Waals surface area (Å²) >= 11 is 0. The fraction of sp³-hybridized carbons (Fsp3) is 0.909. The molecule has 3 nitrogen and oxygen atoms in total. The normalized spacial score (nSPS) is 36.5. The van der Waals surface area contributed by atoms with Crippen LogP contribution in [0.1, 0.15) is 32.1 Å². The van der Waals surface area contributed by atoms with E-state index in [1.807, 2.05) is 0 Å². The van der Waals surface area contributed by atoms with Crippen molar-refractivity contribution >= 4 is 5.97 Å². The van der Waals surface area contributed by atoms with Gasteiger partial charge in [0.1, 0.15) is 0 Å². The van der Waals surface area contributed by atoms with Gasteiger partial charge in [-0.15, -0.1) is 0 Å². The predicted molar refractivity (Wildman–Crippen MR) is 51.8 cm³/mol. The highest BCUT2D eigenvalue weighted by Crippen LogP contribution is 2.40. The number of esters is 1. The largest absolute Gasteiger partial charge is 0.469 e. The van der Waals surface area contributed by atoms with Crippen LogP contribution in [0.5, 0.6) is 0 Å². The van der Waals surface area contributed by atoms with Crippen LogP contribution in [0.3, 0.4) is 0 Å². The summed E-state index contributed by atoms with van der Waals surface area (Å²) in [5.74, 6) is 1.05. The molecule has 1 saturated carbocycles. The maximum Gasteiger partial charge on any atom is 0.305 e. The standard InChI is InChI=1S/C11H18O3/c1-13-11(12)7-8-3-2-4-10-9(8)5-6-14-10/h8-10H,2-7H2,1H3/t8-,9-,10-/m1/s1. The van der Waals surface area contributed by atoms with Gasteiger partial charge in [0.2, 0.25) is 0 Å². The maximum absolute atomic E-state index is 11.2. The highest BCUT2D eigenvalue weighted by Gasteiger charge is 2.38. The van der Waals surface area contributed by atoms with Gasteiger partial charge in [-0.1, -0.05) is 6.42 Å². The number of rotatable bonds is 2. The molecule has 2 aliphatic rings. The van der Waals surface area contributed by atoms with Gasteiger partial charge < -0.3 is 9.47 Å². The molecular formula is C11H18O3. The Labute approximate surface area is 84.8 Å². The van der Waals surface area contributed by atoms with Crippen LogP contribution in [0.25, 0.3) is 0 Å². The second kappa shape index (κ2) is 4.30. The van der Waals surface area contributed by atoms with Crippen LogP contribution in [0.2, 0.25) is 0 Å². The summed E-state index contributed by atoms with van der Waals surface area (Å²) in [4.78, 5) is 11.2. The first-order chi connectivity index (χ1) is 6.81. The van der Waals surface area contributed by atoms with Gasteiger partial charge >= 0.3 is 5.97 Å². The molecule has 3 heteroatoms. The molecule has 3 atom stereocenters. The van der Waals surface area contributed by atoms with Crippen LogP contribution in [-0.4, -0.2) is 25.8 Å². The van der Waals surface area contributed by atoms with E-state index in [-0.39, 0.29) is 5.97 Å². The molecule has 0 amide bonds. The van der Waals surface area contributed by atoms with Crippen LogP contribution in [0, 0.1) is 11.8 Å². The Balaban J connectivity index is 1.93. The number of hydrogen-bond donors (Lipinski definition) is 0. The Morgan fingerprint density at radius 1 is 1.43 bits per heavy atom. The summed E-state index contributed by atoms with van der Waals surface area (Å²) in [6, 6.07) is 0. The fourth-order valence-corrected chi connectivity index (χ4v) is 2.85. The van der Waals surface area contributed by atoms with Gasteiger partial charge in [0.05, 0.1) is 13.2 Å². The first kappa shape index (κ1) is 9.97. The molecule has 0 bridgehead atoms. The molecule has 0 N–H and O–H groups in total. The summed E-state index contributed by atoms with van der Waals surface area (Å²) < 4.78 is 10.4. The van der Waals surface area contributed by atoms with Crippen molar-refractivity contribution in [1.82, 2.24) is 0 Å². The lowest BCUT2D eigenvalue weighted by Crippen LogP contribution is -2.30. The number of ether oxygens (including phenoxy) is 2. The summed E-state index contributed by atoms with van der Waals surface area (Å²) in [5.41, 5.74) is 0. The summed E-state index contributed by atoms with van der Waals surface area (Å²) in [7, 11) is 1.47. The van der Waals surface area contributed by atoms with E-state index in [2.05, 4.69) is 0 Å². The first-order valence-electron chi connectivity index (χ1n) is 5.49. The zero-order valence-electron chi connectivity index (χ0n) is 8.70. The molecule has 0 aromatic rings. The summed E-state index contributed by atoms with van der Waals surface area (Å²) in [6.07, 6.45) is 5.69. The number of fused-ring (bicyclic) bond motifs is 1. The van der Waals surface area contributed by atoms with E-state index in [0.29, 0.717) is 24.4 Å². The monoisotopic (exact) mass is 198 g/mol. The molecule has 0 aromatic heterocycles.